The van der Waals surface area contributed by atoms with Gasteiger partial charge in [0.2, 0.25) is 0 Å². The number of fused-ring (bicyclic) bond motifs is 1. The van der Waals surface area contributed by atoms with Crippen LogP contribution in [-0.4, -0.2) is 82.1 Å². The van der Waals surface area contributed by atoms with E-state index in [1.54, 1.807) is 13.8 Å². The lowest BCUT2D eigenvalue weighted by molar-refractivity contribution is -0.131. The standard InChI is InChI=1S/C19H25N5O3S/c1-19(2)17(26)24(18(27)20-19)12-13(25)11-22-7-9-23(10-8-22)16-14-5-3-4-6-15(14)28-21-16/h3-6,13,25H,7-12H2,1-2H3,(H,20,27)/t13-/m0/s1. The average molecular weight is 404 g/mol. The number of β-amino-alcohol motifs (C(OH)–C–C–N with tert-alkyl or cyclic N) is 1. The zero-order chi connectivity index (χ0) is 19.9. The summed E-state index contributed by atoms with van der Waals surface area (Å²) in [6.07, 6.45) is -0.768. The Labute approximate surface area is 167 Å². The van der Waals surface area contributed by atoms with E-state index in [4.69, 9.17) is 0 Å². The van der Waals surface area contributed by atoms with Gasteiger partial charge in [0.25, 0.3) is 5.91 Å². The summed E-state index contributed by atoms with van der Waals surface area (Å²) >= 11 is 1.52. The van der Waals surface area contributed by atoms with Gasteiger partial charge in [0.1, 0.15) is 11.4 Å². The number of aromatic nitrogens is 1. The molecular weight excluding hydrogens is 378 g/mol. The van der Waals surface area contributed by atoms with Crippen LogP contribution in [0.3, 0.4) is 0 Å². The minimum atomic E-state index is -0.904. The molecule has 0 aliphatic carbocycles. The van der Waals surface area contributed by atoms with Gasteiger partial charge in [-0.2, -0.15) is 4.37 Å². The third-order valence-corrected chi connectivity index (χ3v) is 6.15. The largest absolute Gasteiger partial charge is 0.390 e. The van der Waals surface area contributed by atoms with Gasteiger partial charge in [-0.15, -0.1) is 0 Å². The molecule has 9 heteroatoms. The van der Waals surface area contributed by atoms with Crippen molar-refractivity contribution in [1.82, 2.24) is 19.5 Å². The van der Waals surface area contributed by atoms with Crippen molar-refractivity contribution in [2.75, 3.05) is 44.2 Å². The van der Waals surface area contributed by atoms with Crippen molar-refractivity contribution in [1.29, 1.82) is 0 Å². The molecule has 4 rings (SSSR count). The minimum Gasteiger partial charge on any atom is -0.390 e. The molecule has 1 aromatic carbocycles. The number of amides is 3. The molecule has 2 aliphatic heterocycles. The fourth-order valence-electron chi connectivity index (χ4n) is 3.79. The predicted molar refractivity (Wildman–Crippen MR) is 109 cm³/mol. The van der Waals surface area contributed by atoms with Crippen LogP contribution in [0.15, 0.2) is 24.3 Å². The quantitative estimate of drug-likeness (QED) is 0.727. The summed E-state index contributed by atoms with van der Waals surface area (Å²) in [5, 5.41) is 14.2. The second kappa shape index (κ2) is 7.31. The molecule has 3 heterocycles. The van der Waals surface area contributed by atoms with Crippen LogP contribution in [-0.2, 0) is 4.79 Å². The minimum absolute atomic E-state index is 0.0189. The van der Waals surface area contributed by atoms with E-state index in [1.165, 1.54) is 21.6 Å². The van der Waals surface area contributed by atoms with Crippen LogP contribution < -0.4 is 10.2 Å². The highest BCUT2D eigenvalue weighted by molar-refractivity contribution is 7.13. The van der Waals surface area contributed by atoms with Crippen molar-refractivity contribution in [3.63, 3.8) is 0 Å². The van der Waals surface area contributed by atoms with Gasteiger partial charge in [-0.25, -0.2) is 4.79 Å². The normalized spacial score (nSPS) is 21.4. The highest BCUT2D eigenvalue weighted by atomic mass is 32.1. The van der Waals surface area contributed by atoms with Crippen molar-refractivity contribution in [3.8, 4) is 0 Å². The molecule has 150 valence electrons. The van der Waals surface area contributed by atoms with Crippen molar-refractivity contribution in [3.05, 3.63) is 24.3 Å². The second-order valence-electron chi connectivity index (χ2n) is 7.91. The molecule has 3 amide bonds. The Morgan fingerprint density at radius 2 is 1.89 bits per heavy atom. The topological polar surface area (TPSA) is 89.0 Å². The number of nitrogens with one attached hydrogen (secondary N) is 1. The molecule has 2 fully saturated rings. The monoisotopic (exact) mass is 403 g/mol. The summed E-state index contributed by atoms with van der Waals surface area (Å²) in [5.74, 6) is 0.735. The number of nitrogens with zero attached hydrogens (tertiary/aromatic N) is 4. The summed E-state index contributed by atoms with van der Waals surface area (Å²) in [6.45, 7) is 7.05. The van der Waals surface area contributed by atoms with Gasteiger partial charge >= 0.3 is 6.03 Å². The van der Waals surface area contributed by atoms with E-state index < -0.39 is 17.7 Å². The number of anilines is 1. The van der Waals surface area contributed by atoms with Crippen LogP contribution >= 0.6 is 11.5 Å². The van der Waals surface area contributed by atoms with Crippen LogP contribution in [0.2, 0.25) is 0 Å². The number of piperazine rings is 1. The van der Waals surface area contributed by atoms with Crippen molar-refractivity contribution in [2.24, 2.45) is 0 Å². The molecule has 2 N–H and O–H groups in total. The van der Waals surface area contributed by atoms with E-state index >= 15 is 0 Å². The fraction of sp³-hybridized carbons (Fsp3) is 0.526. The zero-order valence-electron chi connectivity index (χ0n) is 16.1. The van der Waals surface area contributed by atoms with E-state index in [-0.39, 0.29) is 12.5 Å². The molecule has 0 spiro atoms. The maximum Gasteiger partial charge on any atom is 0.325 e. The van der Waals surface area contributed by atoms with Crippen molar-refractivity contribution in [2.45, 2.75) is 25.5 Å². The van der Waals surface area contributed by atoms with Gasteiger partial charge < -0.3 is 15.3 Å². The third-order valence-electron chi connectivity index (χ3n) is 5.34. The second-order valence-corrected chi connectivity index (χ2v) is 8.72. The molecular formula is C19H25N5O3S. The Morgan fingerprint density at radius 1 is 1.18 bits per heavy atom. The van der Waals surface area contributed by atoms with Crippen molar-refractivity contribution < 1.29 is 14.7 Å². The van der Waals surface area contributed by atoms with E-state index in [0.29, 0.717) is 6.54 Å². The SMILES string of the molecule is CC1(C)NC(=O)N(C[C@@H](O)CN2CCN(c3nsc4ccccc34)CC2)C1=O. The summed E-state index contributed by atoms with van der Waals surface area (Å²) in [6, 6.07) is 7.80. The highest BCUT2D eigenvalue weighted by Gasteiger charge is 2.44. The van der Waals surface area contributed by atoms with Gasteiger partial charge in [-0.3, -0.25) is 14.6 Å². The van der Waals surface area contributed by atoms with Gasteiger partial charge in [-0.1, -0.05) is 12.1 Å². The van der Waals surface area contributed by atoms with Gasteiger partial charge in [0.05, 0.1) is 17.3 Å². The van der Waals surface area contributed by atoms with E-state index in [9.17, 15) is 14.7 Å². The van der Waals surface area contributed by atoms with Crippen LogP contribution in [0.25, 0.3) is 10.1 Å². The number of carbonyl (C=O) groups is 2. The lowest BCUT2D eigenvalue weighted by Gasteiger charge is -2.36. The predicted octanol–water partition coefficient (Wildman–Crippen LogP) is 1.11. The molecule has 0 radical (unpaired) electrons. The summed E-state index contributed by atoms with van der Waals surface area (Å²) < 4.78 is 5.80. The first-order valence-electron chi connectivity index (χ1n) is 9.49. The van der Waals surface area contributed by atoms with Gasteiger partial charge in [0.15, 0.2) is 0 Å². The Kier molecular flexibility index (Phi) is 4.98. The molecule has 1 aromatic heterocycles. The van der Waals surface area contributed by atoms with Crippen LogP contribution in [0.1, 0.15) is 13.8 Å². The Hall–Kier alpha value is -2.23. The number of aliphatic hydroxyl groups excluding tert-OH is 1. The lowest BCUT2D eigenvalue weighted by atomic mass is 10.1. The number of carbonyl (C=O) groups excluding carboxylic acids is 2. The molecule has 2 aromatic rings. The first-order chi connectivity index (χ1) is 13.3. The number of aliphatic hydroxyl groups is 1. The summed E-state index contributed by atoms with van der Waals surface area (Å²) in [5.41, 5.74) is -0.904. The number of urea groups is 1. The number of benzene rings is 1. The van der Waals surface area contributed by atoms with Crippen LogP contribution in [0.5, 0.6) is 0 Å². The summed E-state index contributed by atoms with van der Waals surface area (Å²) in [4.78, 5) is 29.8. The molecule has 1 atom stereocenters. The first-order valence-corrected chi connectivity index (χ1v) is 10.3. The van der Waals surface area contributed by atoms with Gasteiger partial charge in [0, 0.05) is 38.1 Å². The summed E-state index contributed by atoms with van der Waals surface area (Å²) in [7, 11) is 0. The number of imide groups is 1. The van der Waals surface area contributed by atoms with Crippen molar-refractivity contribution >= 4 is 39.4 Å². The number of rotatable bonds is 5. The number of hydrogen-bond acceptors (Lipinski definition) is 7. The molecule has 0 unspecified atom stereocenters. The maximum atomic E-state index is 12.3. The molecule has 2 aliphatic rings. The van der Waals surface area contributed by atoms with Crippen LogP contribution in [0, 0.1) is 0 Å². The maximum absolute atomic E-state index is 12.3. The first kappa shape index (κ1) is 19.1. The molecule has 28 heavy (non-hydrogen) atoms. The third kappa shape index (κ3) is 3.57. The zero-order valence-corrected chi connectivity index (χ0v) is 16.9. The van der Waals surface area contributed by atoms with E-state index in [0.717, 1.165) is 36.9 Å². The average Bonchev–Trinajstić information content (AvgIpc) is 3.17. The molecule has 2 saturated heterocycles. The van der Waals surface area contributed by atoms with E-state index in [2.05, 4.69) is 31.6 Å². The molecule has 0 saturated carbocycles. The van der Waals surface area contributed by atoms with Crippen LogP contribution in [0.4, 0.5) is 10.6 Å². The van der Waals surface area contributed by atoms with E-state index in [1.807, 2.05) is 12.1 Å². The fourth-order valence-corrected chi connectivity index (χ4v) is 4.59. The number of hydrogen-bond donors (Lipinski definition) is 2. The Balaban J connectivity index is 1.31. The Bertz CT molecular complexity index is 891. The van der Waals surface area contributed by atoms with Gasteiger partial charge in [-0.05, 0) is 37.5 Å². The highest BCUT2D eigenvalue weighted by Crippen LogP contribution is 2.29. The Morgan fingerprint density at radius 3 is 2.57 bits per heavy atom. The molecule has 0 bridgehead atoms. The smallest absolute Gasteiger partial charge is 0.325 e. The lowest BCUT2D eigenvalue weighted by Crippen LogP contribution is -2.50. The molecule has 8 nitrogen and oxygen atoms in total.